The highest BCUT2D eigenvalue weighted by molar-refractivity contribution is 6.42. The number of carbonyl (C=O) groups is 4. The van der Waals surface area contributed by atoms with Gasteiger partial charge in [0.1, 0.15) is 11.8 Å². The van der Waals surface area contributed by atoms with E-state index in [2.05, 4.69) is 12.2 Å². The molecule has 9 heteroatoms. The normalized spacial score (nSPS) is 29.6. The van der Waals surface area contributed by atoms with Gasteiger partial charge in [0.2, 0.25) is 0 Å². The van der Waals surface area contributed by atoms with Crippen molar-refractivity contribution in [3.8, 4) is 5.75 Å². The molecule has 2 aromatic rings. The quantitative estimate of drug-likeness (QED) is 0.302. The molecule has 1 heterocycles. The summed E-state index contributed by atoms with van der Waals surface area (Å²) in [7, 11) is 1.52. The largest absolute Gasteiger partial charge is 0.497 e. The number of ketones is 1. The van der Waals surface area contributed by atoms with Crippen LogP contribution in [0.4, 0.5) is 0 Å². The molecule has 1 saturated heterocycles. The highest BCUT2D eigenvalue weighted by atomic mass is 35.5. The lowest BCUT2D eigenvalue weighted by Crippen LogP contribution is -2.56. The van der Waals surface area contributed by atoms with E-state index in [1.165, 1.54) is 32.2 Å². The van der Waals surface area contributed by atoms with E-state index in [1.807, 2.05) is 0 Å². The SMILES string of the molecule is COc1ccc(C(=O)[C@H](C)N(C(=O)c2ccc(Cl)c(Cl)c2)N2C(=O)[C@@H]3[C@H]4C=C[C@@H]([C@@H]5C[C@@H]45)[C@@H]3C2=O)cc1. The van der Waals surface area contributed by atoms with E-state index in [0.717, 1.165) is 16.4 Å². The Morgan fingerprint density at radius 1 is 0.919 bits per heavy atom. The maximum Gasteiger partial charge on any atom is 0.273 e. The van der Waals surface area contributed by atoms with Gasteiger partial charge in [-0.1, -0.05) is 35.4 Å². The third kappa shape index (κ3) is 3.62. The maximum absolute atomic E-state index is 13.9. The molecule has 4 aliphatic carbocycles. The van der Waals surface area contributed by atoms with E-state index in [9.17, 15) is 19.2 Å². The summed E-state index contributed by atoms with van der Waals surface area (Å²) in [4.78, 5) is 55.2. The zero-order valence-corrected chi connectivity index (χ0v) is 21.6. The average molecular weight is 539 g/mol. The van der Waals surface area contributed by atoms with Crippen LogP contribution in [0.25, 0.3) is 0 Å². The number of Topliss-reactive ketones (excluding diaryl/α,β-unsaturated/α-hetero) is 1. The average Bonchev–Trinajstić information content (AvgIpc) is 3.70. The molecule has 3 fully saturated rings. The molecule has 7 nitrogen and oxygen atoms in total. The number of hydrazine groups is 1. The van der Waals surface area contributed by atoms with Crippen molar-refractivity contribution in [2.75, 3.05) is 7.11 Å². The van der Waals surface area contributed by atoms with Crippen molar-refractivity contribution in [1.29, 1.82) is 0 Å². The molecule has 2 aromatic carbocycles. The maximum atomic E-state index is 13.9. The van der Waals surface area contributed by atoms with Crippen LogP contribution in [0.5, 0.6) is 5.75 Å². The minimum atomic E-state index is -1.15. The predicted octanol–water partition coefficient (Wildman–Crippen LogP) is 4.68. The number of hydrogen-bond acceptors (Lipinski definition) is 5. The number of benzene rings is 2. The molecule has 7 atom stereocenters. The molecule has 0 N–H and O–H groups in total. The molecule has 0 radical (unpaired) electrons. The monoisotopic (exact) mass is 538 g/mol. The second kappa shape index (κ2) is 8.71. The van der Waals surface area contributed by atoms with Crippen LogP contribution >= 0.6 is 23.2 Å². The fourth-order valence-corrected chi connectivity index (χ4v) is 6.76. The zero-order valence-electron chi connectivity index (χ0n) is 20.1. The Kier molecular flexibility index (Phi) is 5.69. The lowest BCUT2D eigenvalue weighted by molar-refractivity contribution is -0.156. The van der Waals surface area contributed by atoms with Crippen molar-refractivity contribution in [3.05, 3.63) is 75.8 Å². The second-order valence-electron chi connectivity index (χ2n) is 10.2. The first-order chi connectivity index (χ1) is 17.7. The lowest BCUT2D eigenvalue weighted by atomic mass is 9.63. The van der Waals surface area contributed by atoms with Gasteiger partial charge >= 0.3 is 0 Å². The smallest absolute Gasteiger partial charge is 0.273 e. The van der Waals surface area contributed by atoms with Crippen molar-refractivity contribution >= 4 is 46.7 Å². The fraction of sp³-hybridized carbons (Fsp3) is 0.357. The highest BCUT2D eigenvalue weighted by Gasteiger charge is 2.68. The summed E-state index contributed by atoms with van der Waals surface area (Å²) in [6.07, 6.45) is 5.14. The summed E-state index contributed by atoms with van der Waals surface area (Å²) in [5, 5.41) is 2.36. The third-order valence-corrected chi connectivity index (χ3v) is 9.09. The molecular formula is C28H24Cl2N2O5. The van der Waals surface area contributed by atoms with E-state index in [4.69, 9.17) is 27.9 Å². The summed E-state index contributed by atoms with van der Waals surface area (Å²) < 4.78 is 5.17. The molecule has 190 valence electrons. The zero-order chi connectivity index (χ0) is 26.2. The van der Waals surface area contributed by atoms with Gasteiger partial charge in [-0.3, -0.25) is 19.2 Å². The molecular weight excluding hydrogens is 515 g/mol. The van der Waals surface area contributed by atoms with Crippen LogP contribution in [0, 0.1) is 35.5 Å². The topological polar surface area (TPSA) is 84.0 Å². The van der Waals surface area contributed by atoms with Gasteiger partial charge in [0.25, 0.3) is 17.7 Å². The summed E-state index contributed by atoms with van der Waals surface area (Å²) in [5.41, 5.74) is 0.433. The number of hydrogen-bond donors (Lipinski definition) is 0. The minimum Gasteiger partial charge on any atom is -0.497 e. The van der Waals surface area contributed by atoms with E-state index in [0.29, 0.717) is 23.1 Å². The number of allylic oxidation sites excluding steroid dienone is 2. The Labute approximate surface area is 223 Å². The number of methoxy groups -OCH3 is 1. The molecule has 0 unspecified atom stereocenters. The number of ether oxygens (including phenoxy) is 1. The lowest BCUT2D eigenvalue weighted by Gasteiger charge is -2.37. The number of imide groups is 1. The molecule has 5 aliphatic rings. The summed E-state index contributed by atoms with van der Waals surface area (Å²) >= 11 is 12.2. The van der Waals surface area contributed by atoms with Crippen LogP contribution in [0.15, 0.2) is 54.6 Å². The van der Waals surface area contributed by atoms with E-state index in [1.54, 1.807) is 24.3 Å². The number of amides is 3. The van der Waals surface area contributed by atoms with Crippen molar-refractivity contribution < 1.29 is 23.9 Å². The van der Waals surface area contributed by atoms with Crippen LogP contribution in [-0.4, -0.2) is 46.7 Å². The number of halogens is 2. The molecule has 0 spiro atoms. The molecule has 2 bridgehead atoms. The van der Waals surface area contributed by atoms with Crippen molar-refractivity contribution in [2.24, 2.45) is 35.5 Å². The van der Waals surface area contributed by atoms with Gasteiger partial charge in [-0.05, 0) is 79.5 Å². The van der Waals surface area contributed by atoms with Crippen LogP contribution in [-0.2, 0) is 9.59 Å². The van der Waals surface area contributed by atoms with Gasteiger partial charge in [-0.2, -0.15) is 5.01 Å². The van der Waals surface area contributed by atoms with Gasteiger partial charge in [0.15, 0.2) is 5.78 Å². The first-order valence-electron chi connectivity index (χ1n) is 12.3. The van der Waals surface area contributed by atoms with E-state index in [-0.39, 0.29) is 27.4 Å². The van der Waals surface area contributed by atoms with Crippen molar-refractivity contribution in [2.45, 2.75) is 19.4 Å². The molecule has 37 heavy (non-hydrogen) atoms. The van der Waals surface area contributed by atoms with Crippen LogP contribution in [0.1, 0.15) is 34.1 Å². The minimum absolute atomic E-state index is 0.0176. The number of nitrogens with zero attached hydrogens (tertiary/aromatic N) is 2. The molecule has 1 aliphatic heterocycles. The summed E-state index contributed by atoms with van der Waals surface area (Å²) in [6.45, 7) is 1.52. The Morgan fingerprint density at radius 2 is 1.49 bits per heavy atom. The number of carbonyl (C=O) groups excluding carboxylic acids is 4. The first kappa shape index (κ1) is 24.2. The first-order valence-corrected chi connectivity index (χ1v) is 13.0. The van der Waals surface area contributed by atoms with Crippen molar-refractivity contribution in [3.63, 3.8) is 0 Å². The fourth-order valence-electron chi connectivity index (χ4n) is 6.46. The summed E-state index contributed by atoms with van der Waals surface area (Å²) in [5.74, 6) is -1.64. The van der Waals surface area contributed by atoms with E-state index < -0.39 is 41.4 Å². The van der Waals surface area contributed by atoms with Crippen molar-refractivity contribution in [1.82, 2.24) is 10.0 Å². The van der Waals surface area contributed by atoms with Crippen LogP contribution in [0.3, 0.4) is 0 Å². The third-order valence-electron chi connectivity index (χ3n) is 8.35. The standard InChI is InChI=1S/C28H24Cl2N2O5/c1-13(25(33)14-3-6-16(37-2)7-4-14)31(26(34)15-5-10-21(29)22(30)11-15)32-27(35)23-17-8-9-18(20-12-19(17)20)24(23)28(32)36/h3-11,13,17-20,23-24H,12H2,1-2H3/t13-,17-,18-,19-,20-,23-,24+/m0/s1. The van der Waals surface area contributed by atoms with E-state index >= 15 is 0 Å². The van der Waals surface area contributed by atoms with Gasteiger partial charge in [0.05, 0.1) is 29.0 Å². The molecule has 2 saturated carbocycles. The Morgan fingerprint density at radius 3 is 2.03 bits per heavy atom. The Hall–Kier alpha value is -3.16. The molecule has 3 amide bonds. The molecule has 0 aromatic heterocycles. The van der Waals surface area contributed by atoms with Crippen LogP contribution in [0.2, 0.25) is 10.0 Å². The van der Waals surface area contributed by atoms with Gasteiger partial charge in [-0.15, -0.1) is 0 Å². The number of rotatable bonds is 6. The Bertz CT molecular complexity index is 1340. The highest BCUT2D eigenvalue weighted by Crippen LogP contribution is 2.65. The van der Waals surface area contributed by atoms with Gasteiger partial charge in [-0.25, -0.2) is 5.01 Å². The van der Waals surface area contributed by atoms with Gasteiger partial charge in [0, 0.05) is 11.1 Å². The van der Waals surface area contributed by atoms with Gasteiger partial charge < -0.3 is 4.74 Å². The van der Waals surface area contributed by atoms with Crippen LogP contribution < -0.4 is 4.74 Å². The predicted molar refractivity (Wildman–Crippen MR) is 136 cm³/mol. The second-order valence-corrected chi connectivity index (χ2v) is 11.0. The molecule has 7 rings (SSSR count). The Balaban J connectivity index is 1.40. The summed E-state index contributed by atoms with van der Waals surface area (Å²) in [6, 6.07) is 9.62.